The highest BCUT2D eigenvalue weighted by Crippen LogP contribution is 2.24. The number of phenols is 1. The summed E-state index contributed by atoms with van der Waals surface area (Å²) >= 11 is 0. The van der Waals surface area contributed by atoms with Crippen LogP contribution in [0.3, 0.4) is 0 Å². The molecule has 0 aromatic heterocycles. The van der Waals surface area contributed by atoms with Crippen molar-refractivity contribution in [3.05, 3.63) is 28.8 Å². The average molecular weight is 223 g/mol. The van der Waals surface area contributed by atoms with Crippen LogP contribution < -0.4 is 16.0 Å². The van der Waals surface area contributed by atoms with Crippen molar-refractivity contribution in [3.8, 4) is 5.75 Å². The minimum atomic E-state index is 0.392. The van der Waals surface area contributed by atoms with Crippen LogP contribution in [-0.4, -0.2) is 26.2 Å². The van der Waals surface area contributed by atoms with Gasteiger partial charge in [-0.15, -0.1) is 0 Å². The van der Waals surface area contributed by atoms with E-state index in [1.807, 2.05) is 33.3 Å². The maximum Gasteiger partial charge on any atom is 0.124 e. The topological polar surface area (TPSA) is 56.3 Å². The number of benzene rings is 1. The molecule has 0 aliphatic rings. The Morgan fingerprint density at radius 1 is 0.875 bits per heavy atom. The lowest BCUT2D eigenvalue weighted by Crippen LogP contribution is -2.12. The van der Waals surface area contributed by atoms with E-state index in [1.54, 1.807) is 0 Å². The van der Waals surface area contributed by atoms with Crippen molar-refractivity contribution >= 4 is 0 Å². The number of hydrogen-bond acceptors (Lipinski definition) is 4. The number of nitrogens with one attached hydrogen (secondary N) is 3. The van der Waals surface area contributed by atoms with Gasteiger partial charge in [0.25, 0.3) is 0 Å². The van der Waals surface area contributed by atoms with Crippen LogP contribution in [0.4, 0.5) is 0 Å². The molecule has 0 unspecified atom stereocenters. The average Bonchev–Trinajstić information content (AvgIpc) is 2.26. The predicted octanol–water partition coefficient (Wildman–Crippen LogP) is 0.550. The number of phenolic OH excluding ortho intramolecular Hbond substituents is 1. The van der Waals surface area contributed by atoms with Crippen molar-refractivity contribution in [2.45, 2.75) is 19.6 Å². The van der Waals surface area contributed by atoms with Crippen molar-refractivity contribution in [1.82, 2.24) is 16.0 Å². The molecule has 0 amide bonds. The zero-order valence-corrected chi connectivity index (χ0v) is 10.2. The van der Waals surface area contributed by atoms with Crippen molar-refractivity contribution in [3.63, 3.8) is 0 Å². The molecule has 0 radical (unpaired) electrons. The van der Waals surface area contributed by atoms with E-state index >= 15 is 0 Å². The molecule has 0 fully saturated rings. The normalized spacial score (nSPS) is 10.7. The standard InChI is InChI=1S/C12H21N3O/c1-13-6-9-4-10(7-14-2)12(16)11(5-9)8-15-3/h4-5,13-16H,6-8H2,1-3H3. The molecule has 1 rings (SSSR count). The molecule has 4 N–H and O–H groups in total. The maximum absolute atomic E-state index is 10.0. The first-order chi connectivity index (χ1) is 7.72. The van der Waals surface area contributed by atoms with Gasteiger partial charge in [0.2, 0.25) is 0 Å². The summed E-state index contributed by atoms with van der Waals surface area (Å²) in [6, 6.07) is 4.06. The summed E-state index contributed by atoms with van der Waals surface area (Å²) in [5.74, 6) is 0.392. The molecule has 90 valence electrons. The monoisotopic (exact) mass is 223 g/mol. The van der Waals surface area contributed by atoms with Gasteiger partial charge in [-0.05, 0) is 38.8 Å². The first-order valence-electron chi connectivity index (χ1n) is 5.50. The first-order valence-corrected chi connectivity index (χ1v) is 5.50. The van der Waals surface area contributed by atoms with Gasteiger partial charge < -0.3 is 21.1 Å². The predicted molar refractivity (Wildman–Crippen MR) is 66.4 cm³/mol. The molecule has 0 saturated heterocycles. The quantitative estimate of drug-likeness (QED) is 0.569. The van der Waals surface area contributed by atoms with Crippen LogP contribution in [0.5, 0.6) is 5.75 Å². The highest BCUT2D eigenvalue weighted by atomic mass is 16.3. The van der Waals surface area contributed by atoms with Crippen LogP contribution >= 0.6 is 0 Å². The van der Waals surface area contributed by atoms with E-state index in [0.717, 1.165) is 17.7 Å². The van der Waals surface area contributed by atoms with E-state index in [1.165, 1.54) is 5.56 Å². The Balaban J connectivity index is 3.05. The highest BCUT2D eigenvalue weighted by Gasteiger charge is 2.08. The number of aromatic hydroxyl groups is 1. The van der Waals surface area contributed by atoms with Crippen LogP contribution in [0.15, 0.2) is 12.1 Å². The van der Waals surface area contributed by atoms with Gasteiger partial charge in [-0.1, -0.05) is 0 Å². The zero-order valence-electron chi connectivity index (χ0n) is 10.2. The Bertz CT molecular complexity index is 312. The molecule has 0 bridgehead atoms. The van der Waals surface area contributed by atoms with Gasteiger partial charge in [-0.3, -0.25) is 0 Å². The molecule has 0 aliphatic carbocycles. The third-order valence-corrected chi connectivity index (χ3v) is 2.44. The lowest BCUT2D eigenvalue weighted by molar-refractivity contribution is 0.456. The molecule has 1 aromatic carbocycles. The van der Waals surface area contributed by atoms with E-state index in [4.69, 9.17) is 0 Å². The fourth-order valence-corrected chi connectivity index (χ4v) is 1.79. The van der Waals surface area contributed by atoms with Crippen LogP contribution in [-0.2, 0) is 19.6 Å². The largest absolute Gasteiger partial charge is 0.507 e. The van der Waals surface area contributed by atoms with E-state index in [0.29, 0.717) is 18.8 Å². The first kappa shape index (κ1) is 13.0. The van der Waals surface area contributed by atoms with E-state index < -0.39 is 0 Å². The second-order valence-corrected chi connectivity index (χ2v) is 3.85. The van der Waals surface area contributed by atoms with Crippen molar-refractivity contribution in [1.29, 1.82) is 0 Å². The molecule has 4 nitrogen and oxygen atoms in total. The Morgan fingerprint density at radius 3 is 1.69 bits per heavy atom. The summed E-state index contributed by atoms with van der Waals surface area (Å²) in [5, 5.41) is 19.3. The van der Waals surface area contributed by atoms with Gasteiger partial charge >= 0.3 is 0 Å². The molecule has 0 saturated carbocycles. The minimum absolute atomic E-state index is 0.392. The van der Waals surface area contributed by atoms with E-state index in [9.17, 15) is 5.11 Å². The van der Waals surface area contributed by atoms with Crippen LogP contribution in [0.25, 0.3) is 0 Å². The summed E-state index contributed by atoms with van der Waals surface area (Å²) in [7, 11) is 5.67. The Labute approximate surface area is 97.1 Å². The van der Waals surface area contributed by atoms with Crippen molar-refractivity contribution in [2.24, 2.45) is 0 Å². The van der Waals surface area contributed by atoms with Gasteiger partial charge in [0.1, 0.15) is 5.75 Å². The van der Waals surface area contributed by atoms with Crippen LogP contribution in [0.1, 0.15) is 16.7 Å². The minimum Gasteiger partial charge on any atom is -0.507 e. The molecule has 4 heteroatoms. The fourth-order valence-electron chi connectivity index (χ4n) is 1.79. The number of rotatable bonds is 6. The summed E-state index contributed by atoms with van der Waals surface area (Å²) < 4.78 is 0. The molecule has 0 spiro atoms. The maximum atomic E-state index is 10.0. The fraction of sp³-hybridized carbons (Fsp3) is 0.500. The lowest BCUT2D eigenvalue weighted by Gasteiger charge is -2.12. The third-order valence-electron chi connectivity index (χ3n) is 2.44. The molecule has 1 aromatic rings. The van der Waals surface area contributed by atoms with Crippen LogP contribution in [0, 0.1) is 0 Å². The zero-order chi connectivity index (χ0) is 12.0. The second-order valence-electron chi connectivity index (χ2n) is 3.85. The Hall–Kier alpha value is -1.10. The SMILES string of the molecule is CNCc1cc(CNC)c(O)c(CNC)c1. The highest BCUT2D eigenvalue weighted by molar-refractivity contribution is 5.43. The number of hydrogen-bond donors (Lipinski definition) is 4. The van der Waals surface area contributed by atoms with Gasteiger partial charge in [0.15, 0.2) is 0 Å². The van der Waals surface area contributed by atoms with Gasteiger partial charge in [0.05, 0.1) is 0 Å². The molecule has 0 heterocycles. The molecular formula is C12H21N3O. The van der Waals surface area contributed by atoms with Gasteiger partial charge in [-0.2, -0.15) is 0 Å². The lowest BCUT2D eigenvalue weighted by atomic mass is 10.0. The smallest absolute Gasteiger partial charge is 0.124 e. The summed E-state index contributed by atoms with van der Waals surface area (Å²) in [6.45, 7) is 2.17. The second kappa shape index (κ2) is 6.48. The summed E-state index contributed by atoms with van der Waals surface area (Å²) in [5.41, 5.74) is 3.08. The van der Waals surface area contributed by atoms with E-state index in [2.05, 4.69) is 16.0 Å². The van der Waals surface area contributed by atoms with Gasteiger partial charge in [0, 0.05) is 30.8 Å². The van der Waals surface area contributed by atoms with E-state index in [-0.39, 0.29) is 0 Å². The summed E-state index contributed by atoms with van der Waals surface area (Å²) in [4.78, 5) is 0. The third kappa shape index (κ3) is 3.20. The molecule has 16 heavy (non-hydrogen) atoms. The van der Waals surface area contributed by atoms with Crippen molar-refractivity contribution < 1.29 is 5.11 Å². The summed E-state index contributed by atoms with van der Waals surface area (Å²) in [6.07, 6.45) is 0. The Kier molecular flexibility index (Phi) is 5.25. The van der Waals surface area contributed by atoms with Gasteiger partial charge in [-0.25, -0.2) is 0 Å². The Morgan fingerprint density at radius 2 is 1.31 bits per heavy atom. The van der Waals surface area contributed by atoms with Crippen molar-refractivity contribution in [2.75, 3.05) is 21.1 Å². The molecule has 0 aliphatic heterocycles. The molecule has 0 atom stereocenters. The molecular weight excluding hydrogens is 202 g/mol. The van der Waals surface area contributed by atoms with Crippen LogP contribution in [0.2, 0.25) is 0 Å².